The zero-order chi connectivity index (χ0) is 22.2. The number of benzene rings is 1. The monoisotopic (exact) mass is 437 g/mol. The summed E-state index contributed by atoms with van der Waals surface area (Å²) in [6.45, 7) is 6.66. The third-order valence-electron chi connectivity index (χ3n) is 7.36. The highest BCUT2D eigenvalue weighted by Crippen LogP contribution is 2.47. The van der Waals surface area contributed by atoms with Crippen LogP contribution in [-0.4, -0.2) is 46.4 Å². The molecule has 0 spiro atoms. The van der Waals surface area contributed by atoms with E-state index < -0.39 is 0 Å². The molecule has 1 saturated heterocycles. The second-order valence-electron chi connectivity index (χ2n) is 9.40. The number of fused-ring (bicyclic) bond motifs is 1. The first-order valence-electron chi connectivity index (χ1n) is 12.0. The normalized spacial score (nSPS) is 24.5. The summed E-state index contributed by atoms with van der Waals surface area (Å²) in [7, 11) is 0. The van der Waals surface area contributed by atoms with Crippen molar-refractivity contribution in [3.8, 4) is 5.69 Å². The Morgan fingerprint density at radius 1 is 1.28 bits per heavy atom. The molecule has 1 aromatic heterocycles. The van der Waals surface area contributed by atoms with Crippen molar-refractivity contribution < 1.29 is 13.9 Å². The molecule has 3 atom stereocenters. The van der Waals surface area contributed by atoms with Gasteiger partial charge < -0.3 is 9.64 Å². The molecule has 0 radical (unpaired) electrons. The predicted molar refractivity (Wildman–Crippen MR) is 121 cm³/mol. The Morgan fingerprint density at radius 3 is 2.81 bits per heavy atom. The van der Waals surface area contributed by atoms with Crippen LogP contribution < -0.4 is 0 Å². The zero-order valence-electron chi connectivity index (χ0n) is 19.0. The molecule has 32 heavy (non-hydrogen) atoms. The average molecular weight is 438 g/mol. The lowest BCUT2D eigenvalue weighted by Gasteiger charge is -2.31. The largest absolute Gasteiger partial charge is 0.376 e. The Hall–Kier alpha value is -2.47. The summed E-state index contributed by atoms with van der Waals surface area (Å²) in [5.41, 5.74) is 5.94. The van der Waals surface area contributed by atoms with Gasteiger partial charge in [0.15, 0.2) is 0 Å². The molecule has 2 heterocycles. The summed E-state index contributed by atoms with van der Waals surface area (Å²) < 4.78 is 21.2. The third kappa shape index (κ3) is 3.79. The van der Waals surface area contributed by atoms with Gasteiger partial charge in [0, 0.05) is 37.6 Å². The summed E-state index contributed by atoms with van der Waals surface area (Å²) in [4.78, 5) is 15.7. The topological polar surface area (TPSA) is 47.4 Å². The van der Waals surface area contributed by atoms with Crippen molar-refractivity contribution >= 4 is 5.91 Å². The number of halogens is 1. The number of amides is 1. The van der Waals surface area contributed by atoms with Crippen LogP contribution in [0.4, 0.5) is 4.39 Å². The summed E-state index contributed by atoms with van der Waals surface area (Å²) in [6, 6.07) is 6.49. The van der Waals surface area contributed by atoms with Crippen molar-refractivity contribution in [3.05, 3.63) is 58.7 Å². The lowest BCUT2D eigenvalue weighted by Crippen LogP contribution is -2.42. The van der Waals surface area contributed by atoms with Crippen molar-refractivity contribution in [2.45, 2.75) is 64.4 Å². The van der Waals surface area contributed by atoms with Gasteiger partial charge in [-0.15, -0.1) is 0 Å². The van der Waals surface area contributed by atoms with Crippen LogP contribution in [0.2, 0.25) is 0 Å². The Kier molecular flexibility index (Phi) is 5.89. The molecular formula is C26H32FN3O2. The molecule has 5 nitrogen and oxygen atoms in total. The summed E-state index contributed by atoms with van der Waals surface area (Å²) >= 11 is 0. The second kappa shape index (κ2) is 8.81. The van der Waals surface area contributed by atoms with Gasteiger partial charge in [0.1, 0.15) is 5.82 Å². The van der Waals surface area contributed by atoms with Crippen LogP contribution in [-0.2, 0) is 16.0 Å². The first-order chi connectivity index (χ1) is 15.6. The lowest BCUT2D eigenvalue weighted by molar-refractivity contribution is -0.136. The number of ether oxygens (including phenoxy) is 1. The zero-order valence-corrected chi connectivity index (χ0v) is 19.0. The molecule has 1 aromatic carbocycles. The van der Waals surface area contributed by atoms with Crippen molar-refractivity contribution in [2.75, 3.05) is 19.7 Å². The molecule has 5 rings (SSSR count). The van der Waals surface area contributed by atoms with E-state index in [1.165, 1.54) is 34.5 Å². The molecule has 1 amide bonds. The second-order valence-corrected chi connectivity index (χ2v) is 9.40. The Labute approximate surface area is 189 Å². The quantitative estimate of drug-likeness (QED) is 0.610. The Morgan fingerprint density at radius 2 is 2.09 bits per heavy atom. The van der Waals surface area contributed by atoms with Gasteiger partial charge in [0.05, 0.1) is 29.6 Å². The Balaban J connectivity index is 1.39. The van der Waals surface area contributed by atoms with Gasteiger partial charge in [0.2, 0.25) is 5.91 Å². The minimum Gasteiger partial charge on any atom is -0.376 e. The number of carbonyl (C=O) groups is 1. The third-order valence-corrected chi connectivity index (χ3v) is 7.36. The van der Waals surface area contributed by atoms with Crippen molar-refractivity contribution in [3.63, 3.8) is 0 Å². The van der Waals surface area contributed by atoms with E-state index >= 15 is 0 Å². The van der Waals surface area contributed by atoms with Crippen LogP contribution in [0, 0.1) is 11.7 Å². The van der Waals surface area contributed by atoms with Crippen LogP contribution in [0.1, 0.15) is 63.1 Å². The first-order valence-corrected chi connectivity index (χ1v) is 12.0. The van der Waals surface area contributed by atoms with Crippen LogP contribution in [0.3, 0.4) is 0 Å². The number of aromatic nitrogens is 2. The van der Waals surface area contributed by atoms with Crippen LogP contribution in [0.15, 0.2) is 41.6 Å². The summed E-state index contributed by atoms with van der Waals surface area (Å²) in [5.74, 6) is 0.166. The van der Waals surface area contributed by atoms with Gasteiger partial charge in [-0.05, 0) is 56.4 Å². The molecule has 6 heteroatoms. The van der Waals surface area contributed by atoms with Crippen molar-refractivity contribution in [1.82, 2.24) is 14.7 Å². The van der Waals surface area contributed by atoms with Crippen LogP contribution >= 0.6 is 0 Å². The average Bonchev–Trinajstić information content (AvgIpc) is 3.54. The highest BCUT2D eigenvalue weighted by molar-refractivity contribution is 5.83. The van der Waals surface area contributed by atoms with Crippen molar-refractivity contribution in [1.29, 1.82) is 0 Å². The maximum atomic E-state index is 13.7. The van der Waals surface area contributed by atoms with Gasteiger partial charge in [-0.2, -0.15) is 5.10 Å². The summed E-state index contributed by atoms with van der Waals surface area (Å²) in [5, 5.41) is 4.63. The smallest absolute Gasteiger partial charge is 0.229 e. The standard InChI is InChI=1S/C26H32FN3O2/c1-3-12-29(16-21-5-4-13-32-21)26(31)22-11-6-18-14-24-23(17(2)25(18)22)15-28-30(24)20-9-7-19(27)8-10-20/h7-10,15,17,21-22H,3-6,11-14,16H2,1-2H3/t17-,21?,22+/m0/s1. The lowest BCUT2D eigenvalue weighted by atomic mass is 9.79. The van der Waals surface area contributed by atoms with E-state index in [1.54, 1.807) is 12.1 Å². The van der Waals surface area contributed by atoms with Gasteiger partial charge in [-0.1, -0.05) is 25.0 Å². The Bertz CT molecular complexity index is 1020. The number of allylic oxidation sites excluding steroid dienone is 1. The molecule has 1 unspecified atom stereocenters. The molecule has 0 N–H and O–H groups in total. The van der Waals surface area contributed by atoms with Crippen molar-refractivity contribution in [2.24, 2.45) is 5.92 Å². The van der Waals surface area contributed by atoms with Crippen LogP contribution in [0.25, 0.3) is 5.69 Å². The van der Waals surface area contributed by atoms with E-state index in [1.807, 2.05) is 10.9 Å². The fraction of sp³-hybridized carbons (Fsp3) is 0.538. The first kappa shape index (κ1) is 21.4. The fourth-order valence-electron chi connectivity index (χ4n) is 5.84. The van der Waals surface area contributed by atoms with Gasteiger partial charge in [0.25, 0.3) is 0 Å². The number of hydrogen-bond donors (Lipinski definition) is 0. The van der Waals surface area contributed by atoms with Crippen LogP contribution in [0.5, 0.6) is 0 Å². The van der Waals surface area contributed by atoms with Gasteiger partial charge >= 0.3 is 0 Å². The molecule has 170 valence electrons. The van der Waals surface area contributed by atoms with E-state index in [4.69, 9.17) is 4.74 Å². The number of rotatable bonds is 6. The molecule has 0 bridgehead atoms. The summed E-state index contributed by atoms with van der Waals surface area (Å²) in [6.07, 6.45) is 7.89. The highest BCUT2D eigenvalue weighted by atomic mass is 19.1. The predicted octanol–water partition coefficient (Wildman–Crippen LogP) is 4.80. The molecule has 0 saturated carbocycles. The molecule has 3 aliphatic rings. The molecule has 2 aromatic rings. The van der Waals surface area contributed by atoms with E-state index in [0.29, 0.717) is 6.54 Å². The maximum Gasteiger partial charge on any atom is 0.229 e. The molecule has 1 fully saturated rings. The fourth-order valence-corrected chi connectivity index (χ4v) is 5.84. The number of hydrogen-bond acceptors (Lipinski definition) is 3. The van der Waals surface area contributed by atoms with Gasteiger partial charge in [-0.25, -0.2) is 9.07 Å². The molecule has 2 aliphatic carbocycles. The van der Waals surface area contributed by atoms with E-state index in [9.17, 15) is 9.18 Å². The van der Waals surface area contributed by atoms with E-state index in [0.717, 1.165) is 57.4 Å². The SMILES string of the molecule is CCCN(CC1CCCO1)C(=O)[C@@H]1CCC2=C1[C@@H](C)c1cnn(-c3ccc(F)cc3)c1C2. The molecule has 1 aliphatic heterocycles. The molecular weight excluding hydrogens is 405 g/mol. The van der Waals surface area contributed by atoms with E-state index in [-0.39, 0.29) is 29.7 Å². The van der Waals surface area contributed by atoms with Gasteiger partial charge in [-0.3, -0.25) is 4.79 Å². The minimum absolute atomic E-state index is 0.0322. The maximum absolute atomic E-state index is 13.7. The highest BCUT2D eigenvalue weighted by Gasteiger charge is 2.41. The number of carbonyl (C=O) groups excluding carboxylic acids is 1. The minimum atomic E-state index is -0.245. The number of nitrogens with zero attached hydrogens (tertiary/aromatic N) is 3. The van der Waals surface area contributed by atoms with E-state index in [2.05, 4.69) is 23.8 Å².